The van der Waals surface area contributed by atoms with Crippen LogP contribution in [0, 0.1) is 0 Å². The number of hydrogen-bond acceptors (Lipinski definition) is 4. The molecule has 1 atom stereocenters. The Hall–Kier alpha value is -2.53. The average molecular weight is 331 g/mol. The summed E-state index contributed by atoms with van der Waals surface area (Å²) in [5, 5.41) is 4.19. The largest absolute Gasteiger partial charge is 0.481 e. The first-order chi connectivity index (χ1) is 11.1. The quantitative estimate of drug-likeness (QED) is 0.774. The number of carbonyl (C=O) groups is 1. The maximum atomic E-state index is 12.0. The van der Waals surface area contributed by atoms with Crippen molar-refractivity contribution in [3.05, 3.63) is 59.6 Å². The maximum absolute atomic E-state index is 12.0. The lowest BCUT2D eigenvalue weighted by Gasteiger charge is -2.13. The summed E-state index contributed by atoms with van der Waals surface area (Å²) in [6.45, 7) is 1.73. The highest BCUT2D eigenvalue weighted by molar-refractivity contribution is 6.35. The van der Waals surface area contributed by atoms with Crippen molar-refractivity contribution in [2.45, 2.75) is 13.0 Å². The van der Waals surface area contributed by atoms with Gasteiger partial charge in [0.2, 0.25) is 0 Å². The minimum absolute atomic E-state index is 0.113. The van der Waals surface area contributed by atoms with Gasteiger partial charge in [-0.15, -0.1) is 0 Å². The van der Waals surface area contributed by atoms with Crippen LogP contribution in [0.3, 0.4) is 0 Å². The lowest BCUT2D eigenvalue weighted by Crippen LogP contribution is -2.31. The molecule has 3 rings (SSSR count). The minimum Gasteiger partial charge on any atom is -0.481 e. The molecule has 0 saturated carbocycles. The maximum Gasteiger partial charge on any atom is 0.258 e. The number of benzene rings is 1. The molecule has 5 nitrogen and oxygen atoms in total. The van der Waals surface area contributed by atoms with Crippen LogP contribution in [0.4, 0.5) is 0 Å². The van der Waals surface area contributed by atoms with E-state index in [1.54, 1.807) is 36.7 Å². The summed E-state index contributed by atoms with van der Waals surface area (Å²) in [5.41, 5.74) is 0.631. The Balaban J connectivity index is 1.67. The van der Waals surface area contributed by atoms with Crippen LogP contribution in [0.2, 0.25) is 5.02 Å². The molecule has 0 spiro atoms. The number of carbonyl (C=O) groups excluding carboxylic acids is 1. The van der Waals surface area contributed by atoms with E-state index in [0.717, 1.165) is 5.39 Å². The van der Waals surface area contributed by atoms with Crippen LogP contribution in [-0.2, 0) is 4.79 Å². The Morgan fingerprint density at radius 1 is 1.35 bits per heavy atom. The molecule has 3 aromatic rings. The molecular formula is C17H15ClN2O3. The Labute approximate surface area is 138 Å². The molecule has 2 heterocycles. The van der Waals surface area contributed by atoms with Crippen molar-refractivity contribution in [1.82, 2.24) is 10.3 Å². The molecule has 1 aromatic carbocycles. The zero-order valence-corrected chi connectivity index (χ0v) is 13.2. The van der Waals surface area contributed by atoms with Gasteiger partial charge in [0, 0.05) is 11.6 Å². The summed E-state index contributed by atoms with van der Waals surface area (Å²) in [5.74, 6) is 0.968. The number of ether oxygens (including phenoxy) is 1. The van der Waals surface area contributed by atoms with Gasteiger partial charge in [0.15, 0.2) is 6.61 Å². The molecule has 0 aliphatic rings. The lowest BCUT2D eigenvalue weighted by atomic mass is 10.2. The van der Waals surface area contributed by atoms with E-state index in [9.17, 15) is 4.79 Å². The van der Waals surface area contributed by atoms with E-state index >= 15 is 0 Å². The van der Waals surface area contributed by atoms with Gasteiger partial charge in [0.25, 0.3) is 5.91 Å². The second-order valence-corrected chi connectivity index (χ2v) is 5.45. The number of furan rings is 1. The number of nitrogens with one attached hydrogen (secondary N) is 1. The van der Waals surface area contributed by atoms with Crippen molar-refractivity contribution in [3.63, 3.8) is 0 Å². The topological polar surface area (TPSA) is 64.4 Å². The van der Waals surface area contributed by atoms with Crippen molar-refractivity contribution >= 4 is 28.4 Å². The summed E-state index contributed by atoms with van der Waals surface area (Å²) in [4.78, 5) is 16.3. The summed E-state index contributed by atoms with van der Waals surface area (Å²) in [6.07, 6.45) is 3.23. The van der Waals surface area contributed by atoms with Gasteiger partial charge in [0.05, 0.1) is 17.3 Å². The van der Waals surface area contributed by atoms with E-state index in [1.165, 1.54) is 0 Å². The van der Waals surface area contributed by atoms with Crippen molar-refractivity contribution in [2.75, 3.05) is 6.61 Å². The highest BCUT2D eigenvalue weighted by Crippen LogP contribution is 2.29. The van der Waals surface area contributed by atoms with E-state index in [0.29, 0.717) is 22.0 Å². The number of hydrogen-bond donors (Lipinski definition) is 1. The lowest BCUT2D eigenvalue weighted by molar-refractivity contribution is -0.123. The number of pyridine rings is 1. The number of halogens is 1. The first-order valence-electron chi connectivity index (χ1n) is 7.14. The third kappa shape index (κ3) is 3.46. The molecule has 0 saturated heterocycles. The number of rotatable bonds is 5. The summed E-state index contributed by atoms with van der Waals surface area (Å²) in [6, 6.07) is 10.5. The molecule has 0 unspecified atom stereocenters. The molecule has 1 N–H and O–H groups in total. The standard InChI is InChI=1S/C17H15ClN2O3/c1-11(14-5-3-9-22-14)20-16(21)10-23-15-7-6-13(18)12-4-2-8-19-17(12)15/h2-9,11H,10H2,1H3,(H,20,21)/t11-/m1/s1. The minimum atomic E-state index is -0.243. The number of fused-ring (bicyclic) bond motifs is 1. The smallest absolute Gasteiger partial charge is 0.258 e. The second-order valence-electron chi connectivity index (χ2n) is 5.04. The van der Waals surface area contributed by atoms with Crippen LogP contribution in [0.25, 0.3) is 10.9 Å². The summed E-state index contributed by atoms with van der Waals surface area (Å²) in [7, 11) is 0. The zero-order valence-electron chi connectivity index (χ0n) is 12.5. The van der Waals surface area contributed by atoms with E-state index in [4.69, 9.17) is 20.8 Å². The van der Waals surface area contributed by atoms with Gasteiger partial charge in [-0.2, -0.15) is 0 Å². The summed E-state index contributed by atoms with van der Waals surface area (Å²) < 4.78 is 10.8. The molecule has 0 fully saturated rings. The van der Waals surface area contributed by atoms with Crippen molar-refractivity contribution in [1.29, 1.82) is 0 Å². The molecule has 0 bridgehead atoms. The molecule has 0 radical (unpaired) electrons. The molecule has 1 amide bonds. The van der Waals surface area contributed by atoms with Gasteiger partial charge in [-0.1, -0.05) is 11.6 Å². The molecule has 118 valence electrons. The Kier molecular flexibility index (Phi) is 4.48. The van der Waals surface area contributed by atoms with Crippen LogP contribution in [0.5, 0.6) is 5.75 Å². The summed E-state index contributed by atoms with van der Waals surface area (Å²) >= 11 is 6.13. The Morgan fingerprint density at radius 2 is 2.22 bits per heavy atom. The molecule has 0 aliphatic heterocycles. The first-order valence-corrected chi connectivity index (χ1v) is 7.52. The molecule has 23 heavy (non-hydrogen) atoms. The Bertz CT molecular complexity index is 818. The number of amides is 1. The fraction of sp³-hybridized carbons (Fsp3) is 0.176. The van der Waals surface area contributed by atoms with Crippen molar-refractivity contribution in [3.8, 4) is 5.75 Å². The van der Waals surface area contributed by atoms with Gasteiger partial charge < -0.3 is 14.5 Å². The fourth-order valence-electron chi connectivity index (χ4n) is 2.26. The molecule has 0 aliphatic carbocycles. The van der Waals surface area contributed by atoms with Gasteiger partial charge in [-0.05, 0) is 43.3 Å². The van der Waals surface area contributed by atoms with Crippen LogP contribution >= 0.6 is 11.6 Å². The van der Waals surface area contributed by atoms with Gasteiger partial charge in [-0.3, -0.25) is 9.78 Å². The van der Waals surface area contributed by atoms with Gasteiger partial charge in [-0.25, -0.2) is 0 Å². The number of aromatic nitrogens is 1. The molecule has 6 heteroatoms. The Morgan fingerprint density at radius 3 is 3.00 bits per heavy atom. The van der Waals surface area contributed by atoms with Crippen LogP contribution in [-0.4, -0.2) is 17.5 Å². The van der Waals surface area contributed by atoms with Gasteiger partial charge in [0.1, 0.15) is 17.0 Å². The van der Waals surface area contributed by atoms with E-state index < -0.39 is 0 Å². The normalized spacial score (nSPS) is 12.1. The van der Waals surface area contributed by atoms with Crippen molar-refractivity contribution < 1.29 is 13.9 Å². The predicted octanol–water partition coefficient (Wildman–Crippen LogP) is 3.74. The SMILES string of the molecule is C[C@@H](NC(=O)COc1ccc(Cl)c2cccnc12)c1ccco1. The van der Waals surface area contributed by atoms with Crippen molar-refractivity contribution in [2.24, 2.45) is 0 Å². The molecule has 2 aromatic heterocycles. The second kappa shape index (κ2) is 6.71. The fourth-order valence-corrected chi connectivity index (χ4v) is 2.48. The monoisotopic (exact) mass is 330 g/mol. The molecular weight excluding hydrogens is 316 g/mol. The van der Waals surface area contributed by atoms with E-state index in [-0.39, 0.29) is 18.6 Å². The highest BCUT2D eigenvalue weighted by Gasteiger charge is 2.13. The third-order valence-corrected chi connectivity index (χ3v) is 3.72. The predicted molar refractivity (Wildman–Crippen MR) is 87.5 cm³/mol. The first kappa shape index (κ1) is 15.4. The van der Waals surface area contributed by atoms with Gasteiger partial charge >= 0.3 is 0 Å². The third-order valence-electron chi connectivity index (χ3n) is 3.39. The highest BCUT2D eigenvalue weighted by atomic mass is 35.5. The zero-order chi connectivity index (χ0) is 16.2. The number of nitrogens with zero attached hydrogens (tertiary/aromatic N) is 1. The average Bonchev–Trinajstić information content (AvgIpc) is 3.09. The van der Waals surface area contributed by atoms with E-state index in [2.05, 4.69) is 10.3 Å². The van der Waals surface area contributed by atoms with Crippen LogP contribution < -0.4 is 10.1 Å². The van der Waals surface area contributed by atoms with Crippen LogP contribution in [0.1, 0.15) is 18.7 Å². The van der Waals surface area contributed by atoms with E-state index in [1.807, 2.05) is 19.1 Å². The van der Waals surface area contributed by atoms with Crippen LogP contribution in [0.15, 0.2) is 53.3 Å².